The van der Waals surface area contributed by atoms with Crippen LogP contribution in [0.1, 0.15) is 24.0 Å². The van der Waals surface area contributed by atoms with Crippen LogP contribution < -0.4 is 5.32 Å². The van der Waals surface area contributed by atoms with Gasteiger partial charge in [-0.15, -0.1) is 0 Å². The Labute approximate surface area is 126 Å². The van der Waals surface area contributed by atoms with Gasteiger partial charge in [0.15, 0.2) is 0 Å². The van der Waals surface area contributed by atoms with Crippen molar-refractivity contribution in [2.75, 3.05) is 18.5 Å². The number of hydrogen-bond acceptors (Lipinski definition) is 3. The van der Waals surface area contributed by atoms with Gasteiger partial charge in [0.25, 0.3) is 0 Å². The van der Waals surface area contributed by atoms with Crippen LogP contribution in [0.4, 0.5) is 5.69 Å². The molecule has 3 heteroatoms. The third-order valence-corrected chi connectivity index (χ3v) is 3.34. The van der Waals surface area contributed by atoms with Crippen LogP contribution >= 0.6 is 0 Å². The van der Waals surface area contributed by atoms with Gasteiger partial charge in [0, 0.05) is 12.2 Å². The number of nitrogens with one attached hydrogen (secondary N) is 1. The molecule has 110 valence electrons. The fourth-order valence-electron chi connectivity index (χ4n) is 2.27. The van der Waals surface area contributed by atoms with Crippen molar-refractivity contribution in [3.8, 4) is 0 Å². The molecule has 3 rings (SSSR count). The van der Waals surface area contributed by atoms with Crippen molar-refractivity contribution in [1.29, 1.82) is 0 Å². The highest BCUT2D eigenvalue weighted by molar-refractivity contribution is 5.83. The van der Waals surface area contributed by atoms with Gasteiger partial charge in [0.2, 0.25) is 0 Å². The Morgan fingerprint density at radius 1 is 1.14 bits per heavy atom. The van der Waals surface area contributed by atoms with Crippen molar-refractivity contribution in [2.45, 2.75) is 19.8 Å². The topological polar surface area (TPSA) is 38.3 Å². The summed E-state index contributed by atoms with van der Waals surface area (Å²) in [4.78, 5) is 11.5. The van der Waals surface area contributed by atoms with Crippen LogP contribution in [0, 0.1) is 6.92 Å². The number of carbonyl (C=O) groups is 1. The van der Waals surface area contributed by atoms with E-state index >= 15 is 0 Å². The van der Waals surface area contributed by atoms with Crippen LogP contribution in [-0.2, 0) is 9.53 Å². The molecule has 0 saturated carbocycles. The average molecular weight is 283 g/mol. The Balaban J connectivity index is 0.000000194. The first-order chi connectivity index (χ1) is 10.2. The van der Waals surface area contributed by atoms with Gasteiger partial charge < -0.3 is 10.1 Å². The predicted molar refractivity (Wildman–Crippen MR) is 85.5 cm³/mol. The average Bonchev–Trinajstić information content (AvgIpc) is 2.93. The second-order valence-electron chi connectivity index (χ2n) is 4.93. The third-order valence-electron chi connectivity index (χ3n) is 3.34. The second-order valence-corrected chi connectivity index (χ2v) is 4.93. The lowest BCUT2D eigenvalue weighted by molar-refractivity contribution is -0.144. The number of anilines is 1. The Kier molecular flexibility index (Phi) is 5.38. The molecule has 1 heterocycles. The summed E-state index contributed by atoms with van der Waals surface area (Å²) in [5.74, 6) is -0.267. The Morgan fingerprint density at radius 2 is 1.81 bits per heavy atom. The summed E-state index contributed by atoms with van der Waals surface area (Å²) >= 11 is 0. The van der Waals surface area contributed by atoms with Gasteiger partial charge >= 0.3 is 5.97 Å². The Bertz CT molecular complexity index is 581. The van der Waals surface area contributed by atoms with E-state index in [4.69, 9.17) is 4.74 Å². The summed E-state index contributed by atoms with van der Waals surface area (Å²) in [5.41, 5.74) is 3.42. The molecule has 1 atom stereocenters. The quantitative estimate of drug-likeness (QED) is 0.853. The summed E-state index contributed by atoms with van der Waals surface area (Å²) in [6.07, 6.45) is 0. The lowest BCUT2D eigenvalue weighted by atomic mass is 10.0. The van der Waals surface area contributed by atoms with Gasteiger partial charge in [-0.25, -0.2) is 0 Å². The van der Waals surface area contributed by atoms with Gasteiger partial charge in [0.05, 0.1) is 6.61 Å². The van der Waals surface area contributed by atoms with E-state index in [0.717, 1.165) is 11.3 Å². The molecule has 0 fully saturated rings. The molecular weight excluding hydrogens is 262 g/mol. The number of ether oxygens (including phenoxy) is 1. The number of carbonyl (C=O) groups excluding carboxylic acids is 1. The molecule has 0 amide bonds. The maximum Gasteiger partial charge on any atom is 0.315 e. The molecule has 0 spiro atoms. The van der Waals surface area contributed by atoms with E-state index in [-0.39, 0.29) is 11.9 Å². The first-order valence-electron chi connectivity index (χ1n) is 7.23. The largest absolute Gasteiger partial charge is 0.465 e. The van der Waals surface area contributed by atoms with Crippen molar-refractivity contribution >= 4 is 11.7 Å². The zero-order valence-corrected chi connectivity index (χ0v) is 12.5. The van der Waals surface area contributed by atoms with E-state index in [2.05, 4.69) is 24.4 Å². The van der Waals surface area contributed by atoms with Crippen molar-refractivity contribution in [2.24, 2.45) is 0 Å². The first-order valence-corrected chi connectivity index (χ1v) is 7.23. The Hall–Kier alpha value is -2.29. The maximum atomic E-state index is 11.5. The molecule has 21 heavy (non-hydrogen) atoms. The molecule has 0 aliphatic carbocycles. The summed E-state index contributed by atoms with van der Waals surface area (Å²) < 4.78 is 5.00. The molecule has 2 aromatic carbocycles. The minimum Gasteiger partial charge on any atom is -0.465 e. The first kappa shape index (κ1) is 15.1. The van der Waals surface area contributed by atoms with Crippen LogP contribution in [0.25, 0.3) is 0 Å². The van der Waals surface area contributed by atoms with Gasteiger partial charge in [-0.05, 0) is 25.5 Å². The van der Waals surface area contributed by atoms with E-state index < -0.39 is 0 Å². The highest BCUT2D eigenvalue weighted by Gasteiger charge is 2.28. The summed E-state index contributed by atoms with van der Waals surface area (Å²) in [7, 11) is 0. The summed E-state index contributed by atoms with van der Waals surface area (Å²) in [6, 6.07) is 18.1. The van der Waals surface area contributed by atoms with Gasteiger partial charge in [-0.3, -0.25) is 4.79 Å². The van der Waals surface area contributed by atoms with Gasteiger partial charge in [-0.1, -0.05) is 54.1 Å². The second kappa shape index (κ2) is 7.48. The normalized spacial score (nSPS) is 15.2. The third kappa shape index (κ3) is 4.09. The SMILES string of the molecule is CCOC(=O)C1CNc2ccccc21.Cc1ccccc1. The lowest BCUT2D eigenvalue weighted by Crippen LogP contribution is -2.17. The van der Waals surface area contributed by atoms with Crippen LogP contribution in [0.5, 0.6) is 0 Å². The van der Waals surface area contributed by atoms with E-state index in [1.165, 1.54) is 5.56 Å². The number of esters is 1. The van der Waals surface area contributed by atoms with E-state index in [9.17, 15) is 4.79 Å². The van der Waals surface area contributed by atoms with Crippen molar-refractivity contribution in [3.63, 3.8) is 0 Å². The van der Waals surface area contributed by atoms with Crippen molar-refractivity contribution in [3.05, 3.63) is 65.7 Å². The molecule has 0 radical (unpaired) electrons. The van der Waals surface area contributed by atoms with Crippen molar-refractivity contribution in [1.82, 2.24) is 0 Å². The zero-order chi connectivity index (χ0) is 15.1. The predicted octanol–water partition coefficient (Wildman–Crippen LogP) is 3.75. The number of aryl methyl sites for hydroxylation is 1. The number of para-hydroxylation sites is 1. The van der Waals surface area contributed by atoms with E-state index in [0.29, 0.717) is 13.2 Å². The minimum atomic E-state index is -0.134. The maximum absolute atomic E-state index is 11.5. The van der Waals surface area contributed by atoms with Crippen LogP contribution in [0.3, 0.4) is 0 Å². The minimum absolute atomic E-state index is 0.133. The van der Waals surface area contributed by atoms with Crippen LogP contribution in [0.15, 0.2) is 54.6 Å². The van der Waals surface area contributed by atoms with Crippen LogP contribution in [0.2, 0.25) is 0 Å². The van der Waals surface area contributed by atoms with Gasteiger partial charge in [0.1, 0.15) is 5.92 Å². The monoisotopic (exact) mass is 283 g/mol. The molecular formula is C18H21NO2. The molecule has 1 aliphatic heterocycles. The molecule has 0 bridgehead atoms. The number of rotatable bonds is 2. The summed E-state index contributed by atoms with van der Waals surface area (Å²) in [6.45, 7) is 5.00. The molecule has 0 saturated heterocycles. The fraction of sp³-hybridized carbons (Fsp3) is 0.278. The lowest BCUT2D eigenvalue weighted by Gasteiger charge is -2.08. The molecule has 1 aliphatic rings. The molecule has 1 unspecified atom stereocenters. The zero-order valence-electron chi connectivity index (χ0n) is 12.5. The standard InChI is InChI=1S/C11H13NO2.C7H8/c1-2-14-11(13)9-7-12-10-6-4-3-5-8(9)10;1-7-5-3-2-4-6-7/h3-6,9,12H,2,7H2,1H3;2-6H,1H3. The highest BCUT2D eigenvalue weighted by Crippen LogP contribution is 2.31. The highest BCUT2D eigenvalue weighted by atomic mass is 16.5. The van der Waals surface area contributed by atoms with E-state index in [1.807, 2.05) is 49.4 Å². The molecule has 1 N–H and O–H groups in total. The smallest absolute Gasteiger partial charge is 0.315 e. The number of hydrogen-bond donors (Lipinski definition) is 1. The Morgan fingerprint density at radius 3 is 2.43 bits per heavy atom. The van der Waals surface area contributed by atoms with Crippen LogP contribution in [-0.4, -0.2) is 19.1 Å². The van der Waals surface area contributed by atoms with Crippen molar-refractivity contribution < 1.29 is 9.53 Å². The number of benzene rings is 2. The molecule has 2 aromatic rings. The number of fused-ring (bicyclic) bond motifs is 1. The van der Waals surface area contributed by atoms with E-state index in [1.54, 1.807) is 0 Å². The summed E-state index contributed by atoms with van der Waals surface area (Å²) in [5, 5.41) is 3.19. The molecule has 0 aromatic heterocycles. The van der Waals surface area contributed by atoms with Gasteiger partial charge in [-0.2, -0.15) is 0 Å². The fourth-order valence-corrected chi connectivity index (χ4v) is 2.27. The molecule has 3 nitrogen and oxygen atoms in total.